The van der Waals surface area contributed by atoms with Crippen molar-refractivity contribution in [1.29, 1.82) is 0 Å². The van der Waals surface area contributed by atoms with Crippen LogP contribution in [0.15, 0.2) is 17.5 Å². The number of hydrogen-bond acceptors (Lipinski definition) is 3. The van der Waals surface area contributed by atoms with E-state index in [0.717, 1.165) is 32.4 Å². The minimum Gasteiger partial charge on any atom is -0.392 e. The summed E-state index contributed by atoms with van der Waals surface area (Å²) >= 11 is 1.79. The highest BCUT2D eigenvalue weighted by Crippen LogP contribution is 2.12. The summed E-state index contributed by atoms with van der Waals surface area (Å²) in [5, 5.41) is 15.3. The minimum absolute atomic E-state index is 0.196. The molecule has 0 aliphatic rings. The van der Waals surface area contributed by atoms with Crippen molar-refractivity contribution < 1.29 is 5.11 Å². The lowest BCUT2D eigenvalue weighted by molar-refractivity contribution is 0.102. The van der Waals surface area contributed by atoms with Crippen molar-refractivity contribution in [3.8, 4) is 0 Å². The molecule has 0 aliphatic heterocycles. The molecule has 1 heterocycles. The number of hydrogen-bond donors (Lipinski definition) is 2. The molecule has 0 spiro atoms. The summed E-state index contributed by atoms with van der Waals surface area (Å²) in [6.45, 7) is 5.96. The highest BCUT2D eigenvalue weighted by atomic mass is 32.1. The average molecular weight is 241 g/mol. The number of thiophene rings is 1. The Morgan fingerprint density at radius 1 is 1.38 bits per heavy atom. The number of nitrogens with one attached hydrogen (secondary N) is 1. The second kappa shape index (κ2) is 7.82. The first-order chi connectivity index (χ1) is 7.77. The van der Waals surface area contributed by atoms with Crippen LogP contribution in [0.25, 0.3) is 0 Å². The van der Waals surface area contributed by atoms with E-state index >= 15 is 0 Å². The predicted octanol–water partition coefficient (Wildman–Crippen LogP) is 2.68. The van der Waals surface area contributed by atoms with E-state index in [1.807, 2.05) is 0 Å². The van der Waals surface area contributed by atoms with Gasteiger partial charge in [-0.1, -0.05) is 32.8 Å². The Hall–Kier alpha value is -0.380. The van der Waals surface area contributed by atoms with E-state index in [1.165, 1.54) is 4.88 Å². The van der Waals surface area contributed by atoms with Crippen molar-refractivity contribution in [3.63, 3.8) is 0 Å². The van der Waals surface area contributed by atoms with Crippen LogP contribution in [0.5, 0.6) is 0 Å². The van der Waals surface area contributed by atoms with Crippen LogP contribution in [-0.2, 0) is 6.42 Å². The molecule has 1 unspecified atom stereocenters. The van der Waals surface area contributed by atoms with Crippen LogP contribution in [0.2, 0.25) is 0 Å². The topological polar surface area (TPSA) is 32.3 Å². The summed E-state index contributed by atoms with van der Waals surface area (Å²) in [5.41, 5.74) is 0. The Labute approximate surface area is 103 Å². The molecule has 3 heteroatoms. The molecule has 1 rings (SSSR count). The molecule has 0 saturated heterocycles. The number of aliphatic hydroxyl groups is 1. The first kappa shape index (κ1) is 13.7. The molecule has 0 saturated carbocycles. The normalized spacial score (nSPS) is 13.2. The van der Waals surface area contributed by atoms with Crippen molar-refractivity contribution >= 4 is 11.3 Å². The lowest BCUT2D eigenvalue weighted by atomic mass is 9.96. The van der Waals surface area contributed by atoms with E-state index in [0.29, 0.717) is 5.92 Å². The largest absolute Gasteiger partial charge is 0.392 e. The smallest absolute Gasteiger partial charge is 0.0692 e. The SMILES string of the molecule is CCC(CC)C(O)CNCCc1cccs1. The molecule has 2 N–H and O–H groups in total. The summed E-state index contributed by atoms with van der Waals surface area (Å²) in [6.07, 6.45) is 2.99. The maximum absolute atomic E-state index is 9.91. The lowest BCUT2D eigenvalue weighted by Gasteiger charge is -2.20. The third-order valence-electron chi connectivity index (χ3n) is 3.07. The van der Waals surface area contributed by atoms with Crippen LogP contribution >= 0.6 is 11.3 Å². The standard InChI is InChI=1S/C13H23NOS/c1-3-11(4-2)13(15)10-14-8-7-12-6-5-9-16-12/h5-6,9,11,13-15H,3-4,7-8,10H2,1-2H3. The summed E-state index contributed by atoms with van der Waals surface area (Å²) in [7, 11) is 0. The van der Waals surface area contributed by atoms with E-state index < -0.39 is 0 Å². The molecule has 0 aliphatic carbocycles. The zero-order valence-corrected chi connectivity index (χ0v) is 11.1. The van der Waals surface area contributed by atoms with Crippen LogP contribution in [0.1, 0.15) is 31.6 Å². The monoisotopic (exact) mass is 241 g/mol. The fraction of sp³-hybridized carbons (Fsp3) is 0.692. The summed E-state index contributed by atoms with van der Waals surface area (Å²) in [5.74, 6) is 0.439. The molecular weight excluding hydrogens is 218 g/mol. The van der Waals surface area contributed by atoms with E-state index in [9.17, 15) is 5.11 Å². The van der Waals surface area contributed by atoms with Crippen molar-refractivity contribution in [2.24, 2.45) is 5.92 Å². The number of rotatable bonds is 8. The van der Waals surface area contributed by atoms with Crippen molar-refractivity contribution in [2.45, 2.75) is 39.2 Å². The molecule has 0 aromatic carbocycles. The molecule has 0 fully saturated rings. The van der Waals surface area contributed by atoms with Gasteiger partial charge in [0.25, 0.3) is 0 Å². The Balaban J connectivity index is 2.10. The van der Waals surface area contributed by atoms with Crippen molar-refractivity contribution in [2.75, 3.05) is 13.1 Å². The first-order valence-corrected chi connectivity index (χ1v) is 7.07. The minimum atomic E-state index is -0.196. The van der Waals surface area contributed by atoms with Gasteiger partial charge in [-0.3, -0.25) is 0 Å². The van der Waals surface area contributed by atoms with Gasteiger partial charge in [0.2, 0.25) is 0 Å². The third-order valence-corrected chi connectivity index (χ3v) is 4.01. The van der Waals surface area contributed by atoms with Crippen LogP contribution in [-0.4, -0.2) is 24.3 Å². The lowest BCUT2D eigenvalue weighted by Crippen LogP contribution is -2.33. The maximum atomic E-state index is 9.91. The van der Waals surface area contributed by atoms with Gasteiger partial charge in [-0.05, 0) is 23.8 Å². The van der Waals surface area contributed by atoms with Crippen LogP contribution in [0.3, 0.4) is 0 Å². The highest BCUT2D eigenvalue weighted by Gasteiger charge is 2.14. The van der Waals surface area contributed by atoms with Gasteiger partial charge in [0.05, 0.1) is 6.10 Å². The molecule has 0 bridgehead atoms. The molecule has 1 aromatic heterocycles. The van der Waals surface area contributed by atoms with E-state index in [4.69, 9.17) is 0 Å². The van der Waals surface area contributed by atoms with Crippen LogP contribution < -0.4 is 5.32 Å². The van der Waals surface area contributed by atoms with Crippen molar-refractivity contribution in [3.05, 3.63) is 22.4 Å². The molecule has 0 amide bonds. The third kappa shape index (κ3) is 4.64. The van der Waals surface area contributed by atoms with E-state index in [-0.39, 0.29) is 6.10 Å². The Bertz CT molecular complexity index is 257. The Kier molecular flexibility index (Phi) is 6.69. The Morgan fingerprint density at radius 3 is 2.69 bits per heavy atom. The quantitative estimate of drug-likeness (QED) is 0.686. The van der Waals surface area contributed by atoms with Gasteiger partial charge in [-0.2, -0.15) is 0 Å². The fourth-order valence-corrected chi connectivity index (χ4v) is 2.62. The van der Waals surface area contributed by atoms with Crippen molar-refractivity contribution in [1.82, 2.24) is 5.32 Å². The molecule has 2 nitrogen and oxygen atoms in total. The molecule has 1 atom stereocenters. The van der Waals surface area contributed by atoms with Gasteiger partial charge in [-0.15, -0.1) is 11.3 Å². The van der Waals surface area contributed by atoms with Crippen LogP contribution in [0, 0.1) is 5.92 Å². The highest BCUT2D eigenvalue weighted by molar-refractivity contribution is 7.09. The second-order valence-corrected chi connectivity index (χ2v) is 5.21. The van der Waals surface area contributed by atoms with E-state index in [1.54, 1.807) is 11.3 Å². The van der Waals surface area contributed by atoms with Gasteiger partial charge in [0.1, 0.15) is 0 Å². The predicted molar refractivity (Wildman–Crippen MR) is 71.0 cm³/mol. The molecular formula is C13H23NOS. The first-order valence-electron chi connectivity index (χ1n) is 6.19. The zero-order chi connectivity index (χ0) is 11.8. The molecule has 92 valence electrons. The van der Waals surface area contributed by atoms with E-state index in [2.05, 4.69) is 36.7 Å². The van der Waals surface area contributed by atoms with Crippen LogP contribution in [0.4, 0.5) is 0 Å². The summed E-state index contributed by atoms with van der Waals surface area (Å²) in [6, 6.07) is 4.24. The molecule has 0 radical (unpaired) electrons. The summed E-state index contributed by atoms with van der Waals surface area (Å²) < 4.78 is 0. The molecule has 1 aromatic rings. The maximum Gasteiger partial charge on any atom is 0.0692 e. The fourth-order valence-electron chi connectivity index (χ4n) is 1.92. The number of aliphatic hydroxyl groups excluding tert-OH is 1. The van der Waals surface area contributed by atoms with Gasteiger partial charge >= 0.3 is 0 Å². The zero-order valence-electron chi connectivity index (χ0n) is 10.3. The average Bonchev–Trinajstić information content (AvgIpc) is 2.79. The second-order valence-electron chi connectivity index (χ2n) is 4.18. The molecule has 16 heavy (non-hydrogen) atoms. The van der Waals surface area contributed by atoms with Gasteiger partial charge < -0.3 is 10.4 Å². The summed E-state index contributed by atoms with van der Waals surface area (Å²) in [4.78, 5) is 1.41. The van der Waals surface area contributed by atoms with Gasteiger partial charge in [0, 0.05) is 18.0 Å². The Morgan fingerprint density at radius 2 is 2.12 bits per heavy atom. The van der Waals surface area contributed by atoms with Gasteiger partial charge in [-0.25, -0.2) is 0 Å². The van der Waals surface area contributed by atoms with Gasteiger partial charge in [0.15, 0.2) is 0 Å².